The molecule has 1 heterocycles. The Bertz CT molecular complexity index is 635. The topological polar surface area (TPSA) is 116 Å². The number of carbonyl (C=O) groups excluding carboxylic acids is 2. The van der Waals surface area contributed by atoms with Gasteiger partial charge in [-0.3, -0.25) is 14.3 Å². The quantitative estimate of drug-likeness (QED) is 0.691. The maximum Gasteiger partial charge on any atom is 0.251 e. The third kappa shape index (κ3) is 3.58. The van der Waals surface area contributed by atoms with Crippen molar-refractivity contribution in [3.8, 4) is 0 Å². The van der Waals surface area contributed by atoms with Gasteiger partial charge in [0.25, 0.3) is 5.91 Å². The van der Waals surface area contributed by atoms with Gasteiger partial charge in [0.2, 0.25) is 5.91 Å². The van der Waals surface area contributed by atoms with E-state index in [1.54, 1.807) is 24.3 Å². The lowest BCUT2D eigenvalue weighted by atomic mass is 10.2. The van der Waals surface area contributed by atoms with Gasteiger partial charge in [-0.2, -0.15) is 5.10 Å². The highest BCUT2D eigenvalue weighted by Crippen LogP contribution is 2.12. The fourth-order valence-corrected chi connectivity index (χ4v) is 1.67. The van der Waals surface area contributed by atoms with E-state index in [0.717, 1.165) is 0 Å². The normalized spacial score (nSPS) is 10.2. The molecule has 0 spiro atoms. The largest absolute Gasteiger partial charge is 0.399 e. The van der Waals surface area contributed by atoms with E-state index in [0.29, 0.717) is 23.5 Å². The van der Waals surface area contributed by atoms with Crippen LogP contribution in [-0.4, -0.2) is 21.6 Å². The van der Waals surface area contributed by atoms with E-state index in [-0.39, 0.29) is 12.3 Å². The number of anilines is 2. The summed E-state index contributed by atoms with van der Waals surface area (Å²) in [5, 5.41) is 6.68. The average Bonchev–Trinajstić information content (AvgIpc) is 2.85. The van der Waals surface area contributed by atoms with Crippen LogP contribution in [0.25, 0.3) is 0 Å². The van der Waals surface area contributed by atoms with Crippen molar-refractivity contribution in [1.82, 2.24) is 9.78 Å². The second kappa shape index (κ2) is 5.87. The molecule has 0 aliphatic heterocycles. The van der Waals surface area contributed by atoms with E-state index in [1.165, 1.54) is 17.1 Å². The van der Waals surface area contributed by atoms with E-state index < -0.39 is 5.91 Å². The summed E-state index contributed by atoms with van der Waals surface area (Å²) in [6, 6.07) is 6.94. The molecule has 104 valence electrons. The van der Waals surface area contributed by atoms with Gasteiger partial charge in [-0.05, 0) is 18.2 Å². The fraction of sp³-hybridized carbons (Fsp3) is 0.154. The Labute approximate surface area is 115 Å². The molecule has 2 amide bonds. The van der Waals surface area contributed by atoms with Crippen molar-refractivity contribution in [3.63, 3.8) is 0 Å². The molecule has 20 heavy (non-hydrogen) atoms. The van der Waals surface area contributed by atoms with Crippen molar-refractivity contribution in [3.05, 3.63) is 42.2 Å². The van der Waals surface area contributed by atoms with Gasteiger partial charge < -0.3 is 16.8 Å². The number of benzene rings is 1. The minimum Gasteiger partial charge on any atom is -0.399 e. The molecule has 7 heteroatoms. The van der Waals surface area contributed by atoms with Crippen LogP contribution >= 0.6 is 0 Å². The second-order valence-electron chi connectivity index (χ2n) is 4.28. The first-order valence-electron chi connectivity index (χ1n) is 6.02. The number of rotatable bonds is 5. The number of carbonyl (C=O) groups is 2. The van der Waals surface area contributed by atoms with Gasteiger partial charge in [0.15, 0.2) is 0 Å². The zero-order valence-corrected chi connectivity index (χ0v) is 10.7. The van der Waals surface area contributed by atoms with E-state index in [1.807, 2.05) is 0 Å². The Kier molecular flexibility index (Phi) is 3.99. The van der Waals surface area contributed by atoms with Crippen LogP contribution in [0.3, 0.4) is 0 Å². The van der Waals surface area contributed by atoms with Crippen molar-refractivity contribution < 1.29 is 9.59 Å². The molecule has 1 aromatic carbocycles. The third-order valence-electron chi connectivity index (χ3n) is 2.66. The first kappa shape index (κ1) is 13.6. The minimum atomic E-state index is -0.541. The van der Waals surface area contributed by atoms with Gasteiger partial charge in [-0.1, -0.05) is 6.07 Å². The molecule has 0 saturated carbocycles. The van der Waals surface area contributed by atoms with E-state index in [9.17, 15) is 9.59 Å². The number of nitrogen functional groups attached to an aromatic ring is 1. The van der Waals surface area contributed by atoms with Crippen LogP contribution in [0.4, 0.5) is 11.4 Å². The van der Waals surface area contributed by atoms with Crippen LogP contribution in [0, 0.1) is 0 Å². The van der Waals surface area contributed by atoms with Crippen molar-refractivity contribution >= 4 is 23.2 Å². The molecular formula is C13H15N5O2. The number of nitrogens with one attached hydrogen (secondary N) is 1. The number of amides is 2. The summed E-state index contributed by atoms with van der Waals surface area (Å²) >= 11 is 0. The Morgan fingerprint density at radius 2 is 2.15 bits per heavy atom. The molecule has 2 aromatic rings. The van der Waals surface area contributed by atoms with Gasteiger partial charge in [-0.15, -0.1) is 0 Å². The number of nitrogens with zero attached hydrogens (tertiary/aromatic N) is 2. The van der Waals surface area contributed by atoms with Crippen LogP contribution in [0.1, 0.15) is 16.8 Å². The molecule has 0 aliphatic carbocycles. The van der Waals surface area contributed by atoms with Crippen molar-refractivity contribution in [2.24, 2.45) is 5.73 Å². The highest BCUT2D eigenvalue weighted by molar-refractivity contribution is 5.92. The van der Waals surface area contributed by atoms with Crippen molar-refractivity contribution in [2.45, 2.75) is 13.0 Å². The Morgan fingerprint density at radius 3 is 2.80 bits per heavy atom. The van der Waals surface area contributed by atoms with E-state index in [2.05, 4.69) is 10.4 Å². The Balaban J connectivity index is 1.87. The van der Waals surface area contributed by atoms with Crippen molar-refractivity contribution in [1.29, 1.82) is 0 Å². The second-order valence-corrected chi connectivity index (χ2v) is 4.28. The van der Waals surface area contributed by atoms with Gasteiger partial charge in [-0.25, -0.2) is 0 Å². The zero-order valence-electron chi connectivity index (χ0n) is 10.7. The lowest BCUT2D eigenvalue weighted by Gasteiger charge is -2.06. The van der Waals surface area contributed by atoms with Gasteiger partial charge >= 0.3 is 0 Å². The SMILES string of the molecule is NC(=O)c1cnn(CCC(=O)Nc2cccc(N)c2)c1. The molecule has 5 N–H and O–H groups in total. The number of primary amides is 1. The van der Waals surface area contributed by atoms with Gasteiger partial charge in [0.05, 0.1) is 11.8 Å². The maximum absolute atomic E-state index is 11.8. The lowest BCUT2D eigenvalue weighted by molar-refractivity contribution is -0.116. The number of hydrogen-bond acceptors (Lipinski definition) is 4. The molecule has 0 atom stereocenters. The molecule has 0 unspecified atom stereocenters. The molecule has 1 aromatic heterocycles. The lowest BCUT2D eigenvalue weighted by Crippen LogP contribution is -2.15. The molecule has 0 radical (unpaired) electrons. The smallest absolute Gasteiger partial charge is 0.251 e. The van der Waals surface area contributed by atoms with Crippen LogP contribution in [0.2, 0.25) is 0 Å². The van der Waals surface area contributed by atoms with Crippen molar-refractivity contribution in [2.75, 3.05) is 11.1 Å². The monoisotopic (exact) mass is 273 g/mol. The molecule has 2 rings (SSSR count). The maximum atomic E-state index is 11.8. The third-order valence-corrected chi connectivity index (χ3v) is 2.66. The summed E-state index contributed by atoms with van der Waals surface area (Å²) in [6.45, 7) is 0.363. The molecule has 0 saturated heterocycles. The Hall–Kier alpha value is -2.83. The summed E-state index contributed by atoms with van der Waals surface area (Å²) in [4.78, 5) is 22.7. The molecular weight excluding hydrogens is 258 g/mol. The predicted molar refractivity (Wildman–Crippen MR) is 74.8 cm³/mol. The van der Waals surface area contributed by atoms with Gasteiger partial charge in [0.1, 0.15) is 0 Å². The van der Waals surface area contributed by atoms with Crippen LogP contribution in [-0.2, 0) is 11.3 Å². The van der Waals surface area contributed by atoms with Crippen LogP contribution < -0.4 is 16.8 Å². The fourth-order valence-electron chi connectivity index (χ4n) is 1.67. The predicted octanol–water partition coefficient (Wildman–Crippen LogP) is 0.593. The highest BCUT2D eigenvalue weighted by Gasteiger charge is 2.06. The molecule has 7 nitrogen and oxygen atoms in total. The minimum absolute atomic E-state index is 0.160. The molecule has 0 bridgehead atoms. The summed E-state index contributed by atoms with van der Waals surface area (Å²) in [5.41, 5.74) is 12.3. The summed E-state index contributed by atoms with van der Waals surface area (Å²) in [5.74, 6) is -0.702. The summed E-state index contributed by atoms with van der Waals surface area (Å²) in [6.07, 6.45) is 3.11. The highest BCUT2D eigenvalue weighted by atomic mass is 16.2. The number of hydrogen-bond donors (Lipinski definition) is 3. The average molecular weight is 273 g/mol. The number of aromatic nitrogens is 2. The van der Waals surface area contributed by atoms with Crippen LogP contribution in [0.5, 0.6) is 0 Å². The summed E-state index contributed by atoms with van der Waals surface area (Å²) < 4.78 is 1.50. The van der Waals surface area contributed by atoms with Gasteiger partial charge in [0, 0.05) is 30.5 Å². The molecule has 0 fully saturated rings. The summed E-state index contributed by atoms with van der Waals surface area (Å²) in [7, 11) is 0. The number of aryl methyl sites for hydroxylation is 1. The zero-order chi connectivity index (χ0) is 14.5. The van der Waals surface area contributed by atoms with E-state index in [4.69, 9.17) is 11.5 Å². The number of nitrogens with two attached hydrogens (primary N) is 2. The first-order chi connectivity index (χ1) is 9.54. The molecule has 0 aliphatic rings. The Morgan fingerprint density at radius 1 is 1.35 bits per heavy atom. The van der Waals surface area contributed by atoms with E-state index >= 15 is 0 Å². The van der Waals surface area contributed by atoms with Crippen LogP contribution in [0.15, 0.2) is 36.7 Å². The standard InChI is InChI=1S/C13H15N5O2/c14-10-2-1-3-11(6-10)17-12(19)4-5-18-8-9(7-16-18)13(15)20/h1-3,6-8H,4-5,14H2,(H2,15,20)(H,17,19). The first-order valence-corrected chi connectivity index (χ1v) is 6.02.